The fourth-order valence-corrected chi connectivity index (χ4v) is 4.66. The van der Waals surface area contributed by atoms with Crippen LogP contribution in [0.15, 0.2) is 5.51 Å². The average Bonchev–Trinajstić information content (AvgIpc) is 3.16. The summed E-state index contributed by atoms with van der Waals surface area (Å²) >= 11 is 1.67. The number of fused-ring (bicyclic) bond motifs is 1. The molecule has 0 amide bonds. The van der Waals surface area contributed by atoms with E-state index in [1.807, 2.05) is 5.51 Å². The first kappa shape index (κ1) is 12.1. The summed E-state index contributed by atoms with van der Waals surface area (Å²) in [5.41, 5.74) is 1.84. The Morgan fingerprint density at radius 1 is 1.11 bits per heavy atom. The minimum atomic E-state index is 0.663. The number of ether oxygens (including phenoxy) is 1. The Morgan fingerprint density at radius 3 is 2.74 bits per heavy atom. The summed E-state index contributed by atoms with van der Waals surface area (Å²) < 4.78 is 5.50. The third kappa shape index (κ3) is 2.06. The molecule has 3 fully saturated rings. The van der Waals surface area contributed by atoms with Crippen molar-refractivity contribution in [1.82, 2.24) is 15.1 Å². The number of anilines is 1. The van der Waals surface area contributed by atoms with Crippen molar-refractivity contribution in [2.45, 2.75) is 43.8 Å². The molecule has 104 valence electrons. The van der Waals surface area contributed by atoms with Crippen molar-refractivity contribution in [3.05, 3.63) is 5.51 Å². The van der Waals surface area contributed by atoms with Crippen LogP contribution in [0.1, 0.15) is 25.7 Å². The van der Waals surface area contributed by atoms with Crippen molar-refractivity contribution in [3.8, 4) is 0 Å². The van der Waals surface area contributed by atoms with Gasteiger partial charge in [-0.1, -0.05) is 11.3 Å². The zero-order chi connectivity index (χ0) is 12.7. The fourth-order valence-electron chi connectivity index (χ4n) is 4.02. The monoisotopic (exact) mass is 280 g/mol. The minimum absolute atomic E-state index is 0.663. The van der Waals surface area contributed by atoms with E-state index in [1.165, 1.54) is 32.2 Å². The first-order valence-electron chi connectivity index (χ1n) is 7.30. The van der Waals surface area contributed by atoms with Crippen LogP contribution in [0, 0.1) is 0 Å². The summed E-state index contributed by atoms with van der Waals surface area (Å²) in [5.74, 6) is 0. The van der Waals surface area contributed by atoms with Crippen molar-refractivity contribution >= 4 is 16.5 Å². The van der Waals surface area contributed by atoms with E-state index in [9.17, 15) is 0 Å². The van der Waals surface area contributed by atoms with Gasteiger partial charge in [0.05, 0.1) is 0 Å². The molecule has 1 aromatic heterocycles. The number of hydrogen-bond donors (Lipinski definition) is 0. The summed E-state index contributed by atoms with van der Waals surface area (Å²) in [4.78, 5) is 5.25. The highest BCUT2D eigenvalue weighted by Crippen LogP contribution is 2.37. The Labute approximate surface area is 117 Å². The quantitative estimate of drug-likeness (QED) is 0.818. The molecule has 0 radical (unpaired) electrons. The van der Waals surface area contributed by atoms with Gasteiger partial charge in [0.1, 0.15) is 5.51 Å². The van der Waals surface area contributed by atoms with E-state index in [0.29, 0.717) is 6.04 Å². The lowest BCUT2D eigenvalue weighted by atomic mass is 10.0. The molecule has 3 aliphatic heterocycles. The number of likely N-dealkylation sites (tertiary alicyclic amines) is 1. The number of hydrogen-bond acceptors (Lipinski definition) is 6. The second-order valence-corrected chi connectivity index (χ2v) is 6.52. The topological polar surface area (TPSA) is 41.5 Å². The second-order valence-electron chi connectivity index (χ2n) is 5.71. The molecule has 6 heteroatoms. The highest BCUT2D eigenvalue weighted by atomic mass is 32.1. The van der Waals surface area contributed by atoms with Crippen LogP contribution in [0.25, 0.3) is 0 Å². The third-order valence-corrected chi connectivity index (χ3v) is 5.60. The largest absolute Gasteiger partial charge is 0.381 e. The van der Waals surface area contributed by atoms with Crippen LogP contribution in [0.3, 0.4) is 0 Å². The fraction of sp³-hybridized carbons (Fsp3) is 0.846. The van der Waals surface area contributed by atoms with Crippen LogP contribution < -0.4 is 4.90 Å². The number of aromatic nitrogens is 2. The highest BCUT2D eigenvalue weighted by molar-refractivity contribution is 7.13. The third-order valence-electron chi connectivity index (χ3n) is 4.87. The van der Waals surface area contributed by atoms with E-state index in [-0.39, 0.29) is 0 Å². The second kappa shape index (κ2) is 5.00. The van der Waals surface area contributed by atoms with Crippen molar-refractivity contribution < 1.29 is 4.74 Å². The molecular weight excluding hydrogens is 260 g/mol. The van der Waals surface area contributed by atoms with Gasteiger partial charge in [0.2, 0.25) is 5.13 Å². The molecule has 1 aromatic rings. The molecule has 5 nitrogen and oxygen atoms in total. The van der Waals surface area contributed by atoms with Crippen LogP contribution in [0.5, 0.6) is 0 Å². The summed E-state index contributed by atoms with van der Waals surface area (Å²) in [7, 11) is 0. The maximum atomic E-state index is 5.50. The molecule has 3 aliphatic rings. The predicted molar refractivity (Wildman–Crippen MR) is 74.6 cm³/mol. The number of rotatable bonds is 2. The van der Waals surface area contributed by atoms with E-state index < -0.39 is 0 Å². The molecule has 0 unspecified atom stereocenters. The Kier molecular flexibility index (Phi) is 3.17. The molecule has 0 N–H and O–H groups in total. The predicted octanol–water partition coefficient (Wildman–Crippen LogP) is 1.37. The van der Waals surface area contributed by atoms with E-state index in [4.69, 9.17) is 4.74 Å². The average molecular weight is 280 g/mol. The Balaban J connectivity index is 1.49. The van der Waals surface area contributed by atoms with Gasteiger partial charge >= 0.3 is 0 Å². The van der Waals surface area contributed by atoms with Gasteiger partial charge in [0.25, 0.3) is 0 Å². The van der Waals surface area contributed by atoms with Crippen LogP contribution in [-0.2, 0) is 4.74 Å². The molecule has 0 spiro atoms. The maximum Gasteiger partial charge on any atom is 0.208 e. The van der Waals surface area contributed by atoms with Crippen molar-refractivity contribution in [1.29, 1.82) is 0 Å². The molecule has 2 atom stereocenters. The van der Waals surface area contributed by atoms with Gasteiger partial charge in [-0.05, 0) is 25.7 Å². The van der Waals surface area contributed by atoms with E-state index in [0.717, 1.165) is 37.0 Å². The van der Waals surface area contributed by atoms with Crippen LogP contribution in [-0.4, -0.2) is 59.5 Å². The van der Waals surface area contributed by atoms with Gasteiger partial charge in [-0.15, -0.1) is 10.2 Å². The summed E-state index contributed by atoms with van der Waals surface area (Å²) in [6.07, 6.45) is 4.98. The van der Waals surface area contributed by atoms with Crippen molar-refractivity contribution in [2.75, 3.05) is 31.2 Å². The van der Waals surface area contributed by atoms with Crippen molar-refractivity contribution in [3.63, 3.8) is 0 Å². The maximum absolute atomic E-state index is 5.50. The molecule has 4 rings (SSSR count). The molecule has 4 heterocycles. The SMILES string of the molecule is c1nnc(N2CC[C@@H]3[C@@H]2CCN3C2CCOCC2)s1. The first-order chi connectivity index (χ1) is 9.43. The van der Waals surface area contributed by atoms with Gasteiger partial charge in [-0.25, -0.2) is 0 Å². The first-order valence-corrected chi connectivity index (χ1v) is 8.18. The molecule has 0 aromatic carbocycles. The smallest absolute Gasteiger partial charge is 0.208 e. The lowest BCUT2D eigenvalue weighted by molar-refractivity contribution is 0.0297. The minimum Gasteiger partial charge on any atom is -0.381 e. The molecule has 3 saturated heterocycles. The zero-order valence-electron chi connectivity index (χ0n) is 11.1. The summed E-state index contributed by atoms with van der Waals surface area (Å²) in [5, 5.41) is 9.35. The Morgan fingerprint density at radius 2 is 1.95 bits per heavy atom. The molecule has 19 heavy (non-hydrogen) atoms. The van der Waals surface area contributed by atoms with Gasteiger partial charge in [0, 0.05) is 44.4 Å². The van der Waals surface area contributed by atoms with E-state index in [2.05, 4.69) is 20.0 Å². The van der Waals surface area contributed by atoms with Crippen LogP contribution in [0.2, 0.25) is 0 Å². The lowest BCUT2D eigenvalue weighted by Gasteiger charge is -2.35. The zero-order valence-corrected chi connectivity index (χ0v) is 11.9. The molecule has 0 aliphatic carbocycles. The molecular formula is C13H20N4OS. The van der Waals surface area contributed by atoms with Crippen LogP contribution in [0.4, 0.5) is 5.13 Å². The lowest BCUT2D eigenvalue weighted by Crippen LogP contribution is -2.44. The number of nitrogens with zero attached hydrogens (tertiary/aromatic N) is 4. The van der Waals surface area contributed by atoms with Gasteiger partial charge in [-0.3, -0.25) is 4.90 Å². The van der Waals surface area contributed by atoms with Gasteiger partial charge < -0.3 is 9.64 Å². The summed E-state index contributed by atoms with van der Waals surface area (Å²) in [6.45, 7) is 4.27. The van der Waals surface area contributed by atoms with Crippen LogP contribution >= 0.6 is 11.3 Å². The van der Waals surface area contributed by atoms with Crippen molar-refractivity contribution in [2.24, 2.45) is 0 Å². The molecule has 0 saturated carbocycles. The normalized spacial score (nSPS) is 32.9. The van der Waals surface area contributed by atoms with E-state index in [1.54, 1.807) is 11.3 Å². The van der Waals surface area contributed by atoms with Gasteiger partial charge in [-0.2, -0.15) is 0 Å². The molecule has 0 bridgehead atoms. The summed E-state index contributed by atoms with van der Waals surface area (Å²) in [6, 6.07) is 2.14. The standard InChI is InChI=1S/C13H20N4OS/c1-5-16(10-3-7-18-8-4-10)11-2-6-17(12(1)11)13-15-14-9-19-13/h9-12H,1-8H2/t11-,12+/m1/s1. The van der Waals surface area contributed by atoms with Gasteiger partial charge in [0.15, 0.2) is 0 Å². The van der Waals surface area contributed by atoms with E-state index >= 15 is 0 Å². The Bertz CT molecular complexity index is 420. The Hall–Kier alpha value is -0.720. The highest BCUT2D eigenvalue weighted by Gasteiger charge is 2.45.